The number of benzene rings is 2. The maximum absolute atomic E-state index is 12.3. The van der Waals surface area contributed by atoms with Gasteiger partial charge in [-0.15, -0.1) is 0 Å². The number of carboxylic acid groups (broad SMARTS) is 1. The molecule has 0 aliphatic heterocycles. The molecule has 21 heavy (non-hydrogen) atoms. The van der Waals surface area contributed by atoms with Crippen LogP contribution >= 0.6 is 27.5 Å². The molecule has 8 heteroatoms. The number of para-hydroxylation sites is 1. The van der Waals surface area contributed by atoms with Crippen molar-refractivity contribution in [1.82, 2.24) is 0 Å². The first-order chi connectivity index (χ1) is 9.81. The van der Waals surface area contributed by atoms with Crippen LogP contribution in [0.15, 0.2) is 51.8 Å². The second kappa shape index (κ2) is 6.05. The van der Waals surface area contributed by atoms with Crippen LogP contribution in [0.4, 0.5) is 5.69 Å². The Balaban J connectivity index is 2.46. The fourth-order valence-electron chi connectivity index (χ4n) is 1.61. The minimum Gasteiger partial charge on any atom is -0.478 e. The number of carbonyl (C=O) groups is 1. The second-order valence-electron chi connectivity index (χ2n) is 4.03. The highest BCUT2D eigenvalue weighted by Gasteiger charge is 2.20. The van der Waals surface area contributed by atoms with Crippen LogP contribution in [0, 0.1) is 0 Å². The van der Waals surface area contributed by atoms with E-state index in [0.717, 1.165) is 4.47 Å². The van der Waals surface area contributed by atoms with Gasteiger partial charge in [-0.1, -0.05) is 33.6 Å². The summed E-state index contributed by atoms with van der Waals surface area (Å²) in [5, 5.41) is 9.10. The van der Waals surface area contributed by atoms with Crippen molar-refractivity contribution in [2.75, 3.05) is 4.72 Å². The number of rotatable bonds is 4. The Labute approximate surface area is 134 Å². The maximum atomic E-state index is 12.3. The average molecular weight is 391 g/mol. The molecule has 5 nitrogen and oxygen atoms in total. The van der Waals surface area contributed by atoms with Gasteiger partial charge in [-0.25, -0.2) is 13.2 Å². The first-order valence-electron chi connectivity index (χ1n) is 5.61. The molecule has 2 N–H and O–H groups in total. The van der Waals surface area contributed by atoms with E-state index < -0.39 is 16.0 Å². The largest absolute Gasteiger partial charge is 0.478 e. The van der Waals surface area contributed by atoms with Gasteiger partial charge in [0.25, 0.3) is 10.0 Å². The van der Waals surface area contributed by atoms with Gasteiger partial charge in [-0.2, -0.15) is 0 Å². The summed E-state index contributed by atoms with van der Waals surface area (Å²) in [7, 11) is -3.93. The van der Waals surface area contributed by atoms with Crippen molar-refractivity contribution >= 4 is 49.2 Å². The van der Waals surface area contributed by atoms with E-state index in [2.05, 4.69) is 20.7 Å². The summed E-state index contributed by atoms with van der Waals surface area (Å²) in [5.41, 5.74) is -0.377. The second-order valence-corrected chi connectivity index (χ2v) is 7.03. The third-order valence-electron chi connectivity index (χ3n) is 2.60. The lowest BCUT2D eigenvalue weighted by Gasteiger charge is -2.12. The van der Waals surface area contributed by atoms with Gasteiger partial charge in [0.1, 0.15) is 0 Å². The molecular formula is C13H9BrClNO4S. The van der Waals surface area contributed by atoms with E-state index >= 15 is 0 Å². The number of halogens is 2. The van der Waals surface area contributed by atoms with Crippen LogP contribution < -0.4 is 4.72 Å². The van der Waals surface area contributed by atoms with Gasteiger partial charge >= 0.3 is 5.97 Å². The van der Waals surface area contributed by atoms with E-state index in [1.54, 1.807) is 12.1 Å². The zero-order chi connectivity index (χ0) is 15.6. The Bertz CT molecular complexity index is 790. The van der Waals surface area contributed by atoms with Crippen molar-refractivity contribution in [3.8, 4) is 0 Å². The van der Waals surface area contributed by atoms with Crippen LogP contribution in [0.3, 0.4) is 0 Å². The lowest BCUT2D eigenvalue weighted by Crippen LogP contribution is -2.16. The molecule has 0 amide bonds. The molecule has 0 spiro atoms. The molecule has 0 aromatic heterocycles. The molecule has 0 aliphatic rings. The Kier molecular flexibility index (Phi) is 4.55. The fourth-order valence-corrected chi connectivity index (χ4v) is 3.26. The molecule has 0 heterocycles. The standard InChI is InChI=1S/C13H9BrClNO4S/c14-8-4-6-9(7-5-8)21(19,20)16-12-10(13(17)18)2-1-3-11(12)15/h1-7,16H,(H,17,18). The van der Waals surface area contributed by atoms with Crippen molar-refractivity contribution in [2.45, 2.75) is 4.90 Å². The van der Waals surface area contributed by atoms with Gasteiger partial charge in [-0.05, 0) is 36.4 Å². The third-order valence-corrected chi connectivity index (χ3v) is 4.81. The smallest absolute Gasteiger partial charge is 0.337 e. The van der Waals surface area contributed by atoms with E-state index in [-0.39, 0.29) is 21.2 Å². The summed E-state index contributed by atoms with van der Waals surface area (Å²) in [5.74, 6) is -1.27. The summed E-state index contributed by atoms with van der Waals surface area (Å²) in [6, 6.07) is 10.0. The molecule has 2 aromatic rings. The van der Waals surface area contributed by atoms with Crippen LogP contribution in [-0.4, -0.2) is 19.5 Å². The Hall–Kier alpha value is -1.57. The summed E-state index contributed by atoms with van der Waals surface area (Å²) in [6.45, 7) is 0. The Morgan fingerprint density at radius 2 is 1.76 bits per heavy atom. The molecule has 0 fully saturated rings. The van der Waals surface area contributed by atoms with Crippen LogP contribution in [0.25, 0.3) is 0 Å². The van der Waals surface area contributed by atoms with Gasteiger partial charge in [0, 0.05) is 4.47 Å². The predicted molar refractivity (Wildman–Crippen MR) is 83.4 cm³/mol. The number of anilines is 1. The van der Waals surface area contributed by atoms with Crippen LogP contribution in [0.5, 0.6) is 0 Å². The van der Waals surface area contributed by atoms with Gasteiger partial charge in [0.05, 0.1) is 21.2 Å². The molecule has 0 bridgehead atoms. The zero-order valence-corrected chi connectivity index (χ0v) is 13.5. The number of aromatic carboxylic acids is 1. The van der Waals surface area contributed by atoms with Crippen molar-refractivity contribution in [2.24, 2.45) is 0 Å². The van der Waals surface area contributed by atoms with E-state index in [0.29, 0.717) is 0 Å². The number of carboxylic acids is 1. The lowest BCUT2D eigenvalue weighted by molar-refractivity contribution is 0.0698. The van der Waals surface area contributed by atoms with Gasteiger partial charge in [0.2, 0.25) is 0 Å². The molecule has 110 valence electrons. The SMILES string of the molecule is O=C(O)c1cccc(Cl)c1NS(=O)(=O)c1ccc(Br)cc1. The molecule has 2 aromatic carbocycles. The van der Waals surface area contributed by atoms with Crippen molar-refractivity contribution in [3.63, 3.8) is 0 Å². The predicted octanol–water partition coefficient (Wildman–Crippen LogP) is 3.60. The number of hydrogen-bond donors (Lipinski definition) is 2. The summed E-state index contributed by atoms with van der Waals surface area (Å²) < 4.78 is 27.5. The van der Waals surface area contributed by atoms with E-state index in [9.17, 15) is 13.2 Å². The van der Waals surface area contributed by atoms with Crippen molar-refractivity contribution in [1.29, 1.82) is 0 Å². The molecule has 0 saturated heterocycles. The molecular weight excluding hydrogens is 382 g/mol. The molecule has 0 unspecified atom stereocenters. The molecule has 0 radical (unpaired) electrons. The number of sulfonamides is 1. The van der Waals surface area contributed by atoms with E-state index in [4.69, 9.17) is 16.7 Å². The quantitative estimate of drug-likeness (QED) is 0.835. The van der Waals surface area contributed by atoms with Crippen LogP contribution in [0.2, 0.25) is 5.02 Å². The third kappa shape index (κ3) is 3.55. The van der Waals surface area contributed by atoms with Gasteiger partial charge in [0.15, 0.2) is 0 Å². The Morgan fingerprint density at radius 3 is 2.33 bits per heavy atom. The maximum Gasteiger partial charge on any atom is 0.337 e. The van der Waals surface area contributed by atoms with E-state index in [1.807, 2.05) is 0 Å². The average Bonchev–Trinajstić information content (AvgIpc) is 2.41. The topological polar surface area (TPSA) is 83.5 Å². The minimum atomic E-state index is -3.93. The normalized spacial score (nSPS) is 11.1. The van der Waals surface area contributed by atoms with Crippen LogP contribution in [-0.2, 0) is 10.0 Å². The Morgan fingerprint density at radius 1 is 1.14 bits per heavy atom. The van der Waals surface area contributed by atoms with Gasteiger partial charge in [-0.3, -0.25) is 4.72 Å². The van der Waals surface area contributed by atoms with Crippen molar-refractivity contribution in [3.05, 3.63) is 57.5 Å². The summed E-state index contributed by atoms with van der Waals surface area (Å²) in [6.07, 6.45) is 0. The highest BCUT2D eigenvalue weighted by molar-refractivity contribution is 9.10. The first-order valence-corrected chi connectivity index (χ1v) is 8.27. The summed E-state index contributed by atoms with van der Waals surface area (Å²) in [4.78, 5) is 11.1. The van der Waals surface area contributed by atoms with Gasteiger partial charge < -0.3 is 5.11 Å². The monoisotopic (exact) mass is 389 g/mol. The molecule has 2 rings (SSSR count). The molecule has 0 saturated carbocycles. The highest BCUT2D eigenvalue weighted by Crippen LogP contribution is 2.28. The molecule has 0 atom stereocenters. The van der Waals surface area contributed by atoms with Crippen molar-refractivity contribution < 1.29 is 18.3 Å². The van der Waals surface area contributed by atoms with E-state index in [1.165, 1.54) is 30.3 Å². The number of hydrogen-bond acceptors (Lipinski definition) is 3. The number of nitrogens with one attached hydrogen (secondary N) is 1. The molecule has 0 aliphatic carbocycles. The lowest BCUT2D eigenvalue weighted by atomic mass is 10.2. The minimum absolute atomic E-state index is 0.00181. The fraction of sp³-hybridized carbons (Fsp3) is 0. The van der Waals surface area contributed by atoms with Crippen LogP contribution in [0.1, 0.15) is 10.4 Å². The zero-order valence-electron chi connectivity index (χ0n) is 10.4. The highest BCUT2D eigenvalue weighted by atomic mass is 79.9. The first kappa shape index (κ1) is 15.8. The summed E-state index contributed by atoms with van der Waals surface area (Å²) >= 11 is 9.10.